The van der Waals surface area contributed by atoms with Crippen molar-refractivity contribution < 1.29 is 25.2 Å². The van der Waals surface area contributed by atoms with E-state index < -0.39 is 11.2 Å². The van der Waals surface area contributed by atoms with Gasteiger partial charge in [0.2, 0.25) is 0 Å². The minimum absolute atomic E-state index is 0.145. The molecule has 4 aromatic rings. The summed E-state index contributed by atoms with van der Waals surface area (Å²) in [6, 6.07) is 27.3. The van der Waals surface area contributed by atoms with Crippen LogP contribution in [0.3, 0.4) is 0 Å². The third-order valence-electron chi connectivity index (χ3n) is 6.08. The van der Waals surface area contributed by atoms with Gasteiger partial charge in [-0.1, -0.05) is 48.5 Å². The Hall–Kier alpha value is -3.96. The van der Waals surface area contributed by atoms with E-state index in [0.29, 0.717) is 0 Å². The van der Waals surface area contributed by atoms with Crippen molar-refractivity contribution in [1.29, 1.82) is 0 Å². The molecule has 0 amide bonds. The smallest absolute Gasteiger partial charge is 0.117 e. The van der Waals surface area contributed by atoms with Crippen molar-refractivity contribution in [1.82, 2.24) is 0 Å². The molecule has 5 nitrogen and oxygen atoms in total. The lowest BCUT2D eigenvalue weighted by Gasteiger charge is -2.42. The molecule has 0 fully saturated rings. The van der Waals surface area contributed by atoms with E-state index in [1.165, 1.54) is 0 Å². The average Bonchev–Trinajstić information content (AvgIpc) is 2.80. The van der Waals surface area contributed by atoms with E-state index >= 15 is 0 Å². The first-order valence-electron chi connectivity index (χ1n) is 10.6. The average molecular weight is 443 g/mol. The highest BCUT2D eigenvalue weighted by Crippen LogP contribution is 2.45. The van der Waals surface area contributed by atoms with E-state index in [4.69, 9.17) is 4.74 Å². The number of aromatic hydroxyl groups is 4. The molecule has 0 aliphatic heterocycles. The topological polar surface area (TPSA) is 90.2 Å². The fourth-order valence-corrected chi connectivity index (χ4v) is 4.10. The number of benzene rings is 4. The fraction of sp³-hybridized carbons (Fsp3) is 0.143. The Morgan fingerprint density at radius 3 is 0.758 bits per heavy atom. The Morgan fingerprint density at radius 2 is 0.576 bits per heavy atom. The summed E-state index contributed by atoms with van der Waals surface area (Å²) in [5, 5.41) is 39.4. The molecule has 4 rings (SSSR count). The first-order valence-corrected chi connectivity index (χ1v) is 10.6. The third kappa shape index (κ3) is 4.36. The van der Waals surface area contributed by atoms with E-state index in [2.05, 4.69) is 0 Å². The molecule has 0 heterocycles. The van der Waals surface area contributed by atoms with E-state index in [0.717, 1.165) is 22.3 Å². The maximum atomic E-state index is 9.85. The van der Waals surface area contributed by atoms with Crippen LogP contribution in [0.2, 0.25) is 0 Å². The third-order valence-corrected chi connectivity index (χ3v) is 6.08. The lowest BCUT2D eigenvalue weighted by molar-refractivity contribution is -0.107. The summed E-state index contributed by atoms with van der Waals surface area (Å²) in [5.41, 5.74) is 1.21. The zero-order valence-electron chi connectivity index (χ0n) is 18.4. The molecule has 0 aromatic heterocycles. The van der Waals surface area contributed by atoms with Crippen molar-refractivity contribution in [3.8, 4) is 23.0 Å². The molecule has 4 aromatic carbocycles. The van der Waals surface area contributed by atoms with Crippen LogP contribution < -0.4 is 0 Å². The second-order valence-corrected chi connectivity index (χ2v) is 8.36. The van der Waals surface area contributed by atoms with Crippen LogP contribution in [0.4, 0.5) is 0 Å². The lowest BCUT2D eigenvalue weighted by atomic mass is 9.83. The molecule has 0 saturated carbocycles. The van der Waals surface area contributed by atoms with Crippen molar-refractivity contribution in [2.75, 3.05) is 0 Å². The Labute approximate surface area is 192 Å². The molecule has 0 aliphatic carbocycles. The molecule has 168 valence electrons. The van der Waals surface area contributed by atoms with Gasteiger partial charge in [0.15, 0.2) is 0 Å². The van der Waals surface area contributed by atoms with Crippen LogP contribution in [0.1, 0.15) is 36.1 Å². The Morgan fingerprint density at radius 1 is 0.394 bits per heavy atom. The first-order chi connectivity index (χ1) is 15.7. The largest absolute Gasteiger partial charge is 0.508 e. The minimum Gasteiger partial charge on any atom is -0.508 e. The highest BCUT2D eigenvalue weighted by atomic mass is 16.5. The molecule has 0 saturated heterocycles. The Bertz CT molecular complexity index is 1020. The second kappa shape index (κ2) is 8.52. The quantitative estimate of drug-likeness (QED) is 0.305. The van der Waals surface area contributed by atoms with Gasteiger partial charge in [-0.25, -0.2) is 0 Å². The van der Waals surface area contributed by atoms with Crippen LogP contribution in [0.15, 0.2) is 97.1 Å². The minimum atomic E-state index is -0.994. The van der Waals surface area contributed by atoms with Gasteiger partial charge in [0.1, 0.15) is 34.2 Å². The lowest BCUT2D eigenvalue weighted by Crippen LogP contribution is -2.39. The fourth-order valence-electron chi connectivity index (χ4n) is 4.10. The summed E-state index contributed by atoms with van der Waals surface area (Å²) >= 11 is 0. The second-order valence-electron chi connectivity index (χ2n) is 8.36. The van der Waals surface area contributed by atoms with Gasteiger partial charge in [0.25, 0.3) is 0 Å². The molecule has 0 unspecified atom stereocenters. The molecular weight excluding hydrogens is 416 g/mol. The first kappa shape index (κ1) is 22.2. The SMILES string of the molecule is CC(OC(C)(c1ccc(O)cc1)c1ccc(O)cc1)(c1ccc(O)cc1)c1ccc(O)cc1. The van der Waals surface area contributed by atoms with E-state index in [1.54, 1.807) is 97.1 Å². The molecule has 0 spiro atoms. The predicted molar refractivity (Wildman–Crippen MR) is 126 cm³/mol. The Balaban J connectivity index is 1.92. The monoisotopic (exact) mass is 442 g/mol. The van der Waals surface area contributed by atoms with Crippen molar-refractivity contribution in [2.24, 2.45) is 0 Å². The van der Waals surface area contributed by atoms with Crippen LogP contribution in [0, 0.1) is 0 Å². The van der Waals surface area contributed by atoms with Gasteiger partial charge in [-0.2, -0.15) is 0 Å². The summed E-state index contributed by atoms with van der Waals surface area (Å²) in [5.74, 6) is 0.580. The van der Waals surface area contributed by atoms with E-state index in [9.17, 15) is 20.4 Å². The molecular formula is C28H26O5. The molecule has 0 aliphatic rings. The normalized spacial score (nSPS) is 11.9. The number of ether oxygens (including phenoxy) is 1. The van der Waals surface area contributed by atoms with Gasteiger partial charge in [-0.3, -0.25) is 0 Å². The van der Waals surface area contributed by atoms with Crippen molar-refractivity contribution >= 4 is 0 Å². The predicted octanol–water partition coefficient (Wildman–Crippen LogP) is 5.75. The number of phenolic OH excluding ortho intramolecular Hbond substituents is 4. The van der Waals surface area contributed by atoms with Gasteiger partial charge in [0.05, 0.1) is 0 Å². The maximum absolute atomic E-state index is 9.85. The molecule has 4 N–H and O–H groups in total. The van der Waals surface area contributed by atoms with Gasteiger partial charge in [-0.15, -0.1) is 0 Å². The van der Waals surface area contributed by atoms with E-state index in [-0.39, 0.29) is 23.0 Å². The summed E-state index contributed by atoms with van der Waals surface area (Å²) < 4.78 is 7.00. The summed E-state index contributed by atoms with van der Waals surface area (Å²) in [4.78, 5) is 0. The van der Waals surface area contributed by atoms with Crippen molar-refractivity contribution in [2.45, 2.75) is 25.0 Å². The number of hydrogen-bond acceptors (Lipinski definition) is 5. The number of rotatable bonds is 6. The van der Waals surface area contributed by atoms with Crippen LogP contribution in [-0.2, 0) is 15.9 Å². The van der Waals surface area contributed by atoms with Crippen LogP contribution >= 0.6 is 0 Å². The zero-order chi connectivity index (χ0) is 23.6. The summed E-state index contributed by atoms with van der Waals surface area (Å²) in [6.45, 7) is 3.87. The van der Waals surface area contributed by atoms with Crippen LogP contribution in [-0.4, -0.2) is 20.4 Å². The van der Waals surface area contributed by atoms with Gasteiger partial charge in [-0.05, 0) is 84.6 Å². The molecule has 33 heavy (non-hydrogen) atoms. The summed E-state index contributed by atoms with van der Waals surface area (Å²) in [7, 11) is 0. The molecule has 5 heteroatoms. The molecule has 0 radical (unpaired) electrons. The van der Waals surface area contributed by atoms with Gasteiger partial charge < -0.3 is 25.2 Å². The van der Waals surface area contributed by atoms with Gasteiger partial charge in [0, 0.05) is 0 Å². The van der Waals surface area contributed by atoms with E-state index in [1.807, 2.05) is 13.8 Å². The standard InChI is InChI=1S/C28H26O5/c1-27(19-3-11-23(29)12-4-19,20-5-13-24(30)14-6-20)33-28(2,21-7-15-25(31)16-8-21)22-9-17-26(32)18-10-22/h3-18,29-32H,1-2H3. The van der Waals surface area contributed by atoms with Crippen LogP contribution in [0.5, 0.6) is 23.0 Å². The zero-order valence-corrected chi connectivity index (χ0v) is 18.4. The highest BCUT2D eigenvalue weighted by molar-refractivity contribution is 5.44. The molecule has 0 bridgehead atoms. The van der Waals surface area contributed by atoms with Crippen LogP contribution in [0.25, 0.3) is 0 Å². The molecule has 0 atom stereocenters. The number of hydrogen-bond donors (Lipinski definition) is 4. The van der Waals surface area contributed by atoms with Crippen molar-refractivity contribution in [3.05, 3.63) is 119 Å². The van der Waals surface area contributed by atoms with Gasteiger partial charge >= 0.3 is 0 Å². The highest BCUT2D eigenvalue weighted by Gasteiger charge is 2.41. The Kier molecular flexibility index (Phi) is 5.75. The summed E-state index contributed by atoms with van der Waals surface area (Å²) in [6.07, 6.45) is 0. The van der Waals surface area contributed by atoms with Crippen molar-refractivity contribution in [3.63, 3.8) is 0 Å². The maximum Gasteiger partial charge on any atom is 0.117 e. The number of phenols is 4.